The molecule has 0 unspecified atom stereocenters. The molecular formula is C15H14BrNO3. The molecule has 0 aliphatic rings. The van der Waals surface area contributed by atoms with Crippen LogP contribution in [0.15, 0.2) is 46.9 Å². The molecule has 2 aromatic rings. The Labute approximate surface area is 125 Å². The van der Waals surface area contributed by atoms with E-state index >= 15 is 0 Å². The molecule has 0 saturated carbocycles. The second-order valence-corrected chi connectivity index (χ2v) is 5.38. The van der Waals surface area contributed by atoms with Crippen molar-refractivity contribution in [1.29, 1.82) is 0 Å². The molecule has 0 bridgehead atoms. The van der Waals surface area contributed by atoms with Crippen LogP contribution in [0.3, 0.4) is 0 Å². The molecule has 0 radical (unpaired) electrons. The molecule has 0 heterocycles. The number of phenols is 2. The van der Waals surface area contributed by atoms with Crippen molar-refractivity contribution in [3.05, 3.63) is 58.1 Å². The summed E-state index contributed by atoms with van der Waals surface area (Å²) < 4.78 is 0.973. The van der Waals surface area contributed by atoms with Gasteiger partial charge in [-0.25, -0.2) is 0 Å². The monoisotopic (exact) mass is 335 g/mol. The van der Waals surface area contributed by atoms with Crippen LogP contribution < -0.4 is 0 Å². The Kier molecular flexibility index (Phi) is 4.29. The van der Waals surface area contributed by atoms with Crippen molar-refractivity contribution >= 4 is 21.8 Å². The Bertz CT molecular complexity index is 626. The number of nitrogens with zero attached hydrogens (tertiary/aromatic N) is 1. The number of aromatic hydroxyl groups is 2. The first-order chi connectivity index (χ1) is 9.49. The summed E-state index contributed by atoms with van der Waals surface area (Å²) in [5.41, 5.74) is 1.06. The zero-order chi connectivity index (χ0) is 14.7. The summed E-state index contributed by atoms with van der Waals surface area (Å²) >= 11 is 3.35. The molecule has 0 aliphatic heterocycles. The lowest BCUT2D eigenvalue weighted by molar-refractivity contribution is 0.0781. The fourth-order valence-corrected chi connectivity index (χ4v) is 2.11. The van der Waals surface area contributed by atoms with Gasteiger partial charge in [0.2, 0.25) is 0 Å². The highest BCUT2D eigenvalue weighted by Gasteiger charge is 2.17. The predicted octanol–water partition coefficient (Wildman–Crippen LogP) is 3.13. The Balaban J connectivity index is 2.16. The molecule has 5 heteroatoms. The Morgan fingerprint density at radius 1 is 1.15 bits per heavy atom. The maximum atomic E-state index is 12.2. The second kappa shape index (κ2) is 5.96. The van der Waals surface area contributed by atoms with E-state index in [-0.39, 0.29) is 23.0 Å². The summed E-state index contributed by atoms with van der Waals surface area (Å²) in [5.74, 6) is -1.03. The Morgan fingerprint density at radius 2 is 1.80 bits per heavy atom. The fourth-order valence-electron chi connectivity index (χ4n) is 1.85. The minimum absolute atomic E-state index is 0.0876. The van der Waals surface area contributed by atoms with Crippen molar-refractivity contribution in [3.8, 4) is 11.5 Å². The van der Waals surface area contributed by atoms with Crippen molar-refractivity contribution in [2.24, 2.45) is 0 Å². The van der Waals surface area contributed by atoms with Gasteiger partial charge in [-0.3, -0.25) is 4.79 Å². The fraction of sp³-hybridized carbons (Fsp3) is 0.133. The van der Waals surface area contributed by atoms with Crippen LogP contribution in [-0.2, 0) is 6.54 Å². The molecule has 0 aliphatic carbocycles. The number of halogens is 1. The molecule has 0 fully saturated rings. The van der Waals surface area contributed by atoms with Gasteiger partial charge in [-0.1, -0.05) is 34.1 Å². The summed E-state index contributed by atoms with van der Waals surface area (Å²) in [6, 6.07) is 12.0. The minimum atomic E-state index is -0.389. The van der Waals surface area contributed by atoms with E-state index in [0.717, 1.165) is 10.0 Å². The van der Waals surface area contributed by atoms with E-state index in [1.807, 2.05) is 24.3 Å². The highest BCUT2D eigenvalue weighted by Crippen LogP contribution is 2.29. The number of rotatable bonds is 3. The lowest BCUT2D eigenvalue weighted by atomic mass is 10.1. The minimum Gasteiger partial charge on any atom is -0.504 e. The van der Waals surface area contributed by atoms with Gasteiger partial charge in [0.05, 0.1) is 5.56 Å². The molecule has 1 amide bonds. The molecule has 104 valence electrons. The zero-order valence-electron chi connectivity index (χ0n) is 10.9. The highest BCUT2D eigenvalue weighted by molar-refractivity contribution is 9.10. The van der Waals surface area contributed by atoms with E-state index in [1.54, 1.807) is 7.05 Å². The van der Waals surface area contributed by atoms with Crippen LogP contribution in [0.1, 0.15) is 15.9 Å². The van der Waals surface area contributed by atoms with Gasteiger partial charge in [0.1, 0.15) is 0 Å². The summed E-state index contributed by atoms with van der Waals surface area (Å²) in [4.78, 5) is 13.7. The van der Waals surface area contributed by atoms with E-state index in [9.17, 15) is 15.0 Å². The quantitative estimate of drug-likeness (QED) is 0.847. The van der Waals surface area contributed by atoms with E-state index in [0.29, 0.717) is 6.54 Å². The molecule has 4 nitrogen and oxygen atoms in total. The van der Waals surface area contributed by atoms with Crippen LogP contribution in [0, 0.1) is 0 Å². The summed E-state index contributed by atoms with van der Waals surface area (Å²) in [6.45, 7) is 0.418. The molecule has 0 atom stereocenters. The van der Waals surface area contributed by atoms with Gasteiger partial charge in [-0.05, 0) is 29.8 Å². The summed E-state index contributed by atoms with van der Waals surface area (Å²) in [7, 11) is 1.65. The van der Waals surface area contributed by atoms with Crippen molar-refractivity contribution in [1.82, 2.24) is 4.90 Å². The molecule has 20 heavy (non-hydrogen) atoms. The van der Waals surface area contributed by atoms with Gasteiger partial charge in [0.25, 0.3) is 5.91 Å². The molecular weight excluding hydrogens is 322 g/mol. The van der Waals surface area contributed by atoms with Crippen LogP contribution in [0.4, 0.5) is 0 Å². The lowest BCUT2D eigenvalue weighted by Crippen LogP contribution is -2.26. The van der Waals surface area contributed by atoms with Crippen LogP contribution in [0.2, 0.25) is 0 Å². The number of benzene rings is 2. The van der Waals surface area contributed by atoms with Crippen molar-refractivity contribution in [2.45, 2.75) is 6.54 Å². The first kappa shape index (κ1) is 14.4. The number of phenolic OH excluding ortho intramolecular Hbond substituents is 2. The van der Waals surface area contributed by atoms with Gasteiger partial charge in [0, 0.05) is 18.1 Å². The average Bonchev–Trinajstić information content (AvgIpc) is 2.43. The standard InChI is InChI=1S/C15H14BrNO3/c1-17(9-10-5-7-11(16)8-6-10)15(20)12-3-2-4-13(18)14(12)19/h2-8,18-19H,9H2,1H3. The van der Waals surface area contributed by atoms with Crippen molar-refractivity contribution in [2.75, 3.05) is 7.05 Å². The number of hydrogen-bond acceptors (Lipinski definition) is 3. The maximum absolute atomic E-state index is 12.2. The van der Waals surface area contributed by atoms with Gasteiger partial charge in [-0.15, -0.1) is 0 Å². The molecule has 2 N–H and O–H groups in total. The molecule has 0 saturated heterocycles. The third kappa shape index (κ3) is 3.11. The van der Waals surface area contributed by atoms with Crippen molar-refractivity contribution in [3.63, 3.8) is 0 Å². The SMILES string of the molecule is CN(Cc1ccc(Br)cc1)C(=O)c1cccc(O)c1O. The highest BCUT2D eigenvalue weighted by atomic mass is 79.9. The molecule has 0 aromatic heterocycles. The van der Waals surface area contributed by atoms with Crippen LogP contribution in [-0.4, -0.2) is 28.1 Å². The average molecular weight is 336 g/mol. The first-order valence-electron chi connectivity index (χ1n) is 6.00. The van der Waals surface area contributed by atoms with Gasteiger partial charge in [0.15, 0.2) is 11.5 Å². The second-order valence-electron chi connectivity index (χ2n) is 4.46. The lowest BCUT2D eigenvalue weighted by Gasteiger charge is -2.18. The Morgan fingerprint density at radius 3 is 2.45 bits per heavy atom. The largest absolute Gasteiger partial charge is 0.504 e. The summed E-state index contributed by atoms with van der Waals surface area (Å²) in [6.07, 6.45) is 0. The normalized spacial score (nSPS) is 10.3. The van der Waals surface area contributed by atoms with Crippen LogP contribution >= 0.6 is 15.9 Å². The zero-order valence-corrected chi connectivity index (χ0v) is 12.5. The molecule has 2 rings (SSSR count). The van der Waals surface area contributed by atoms with Crippen LogP contribution in [0.5, 0.6) is 11.5 Å². The third-order valence-electron chi connectivity index (χ3n) is 2.92. The van der Waals surface area contributed by atoms with Gasteiger partial charge < -0.3 is 15.1 Å². The van der Waals surface area contributed by atoms with Crippen LogP contribution in [0.25, 0.3) is 0 Å². The topological polar surface area (TPSA) is 60.8 Å². The number of hydrogen-bond donors (Lipinski definition) is 2. The maximum Gasteiger partial charge on any atom is 0.257 e. The van der Waals surface area contributed by atoms with Gasteiger partial charge in [-0.2, -0.15) is 0 Å². The van der Waals surface area contributed by atoms with E-state index in [2.05, 4.69) is 15.9 Å². The Hall–Kier alpha value is -2.01. The predicted molar refractivity (Wildman–Crippen MR) is 79.7 cm³/mol. The first-order valence-corrected chi connectivity index (χ1v) is 6.79. The van der Waals surface area contributed by atoms with Gasteiger partial charge >= 0.3 is 0 Å². The van der Waals surface area contributed by atoms with E-state index < -0.39 is 0 Å². The van der Waals surface area contributed by atoms with E-state index in [1.165, 1.54) is 23.1 Å². The molecule has 2 aromatic carbocycles. The van der Waals surface area contributed by atoms with E-state index in [4.69, 9.17) is 0 Å². The number of para-hydroxylation sites is 1. The number of carbonyl (C=O) groups is 1. The summed E-state index contributed by atoms with van der Waals surface area (Å²) in [5, 5.41) is 19.1. The molecule has 0 spiro atoms. The number of carbonyl (C=O) groups excluding carboxylic acids is 1. The third-order valence-corrected chi connectivity index (χ3v) is 3.45. The number of amides is 1. The van der Waals surface area contributed by atoms with Crippen molar-refractivity contribution < 1.29 is 15.0 Å². The smallest absolute Gasteiger partial charge is 0.257 e.